The van der Waals surface area contributed by atoms with Gasteiger partial charge in [-0.25, -0.2) is 4.98 Å². The van der Waals surface area contributed by atoms with Gasteiger partial charge in [-0.1, -0.05) is 6.07 Å². The lowest BCUT2D eigenvalue weighted by Crippen LogP contribution is -2.35. The number of carbonyl (C=O) groups excluding carboxylic acids is 2. The number of thiophene rings is 2. The van der Waals surface area contributed by atoms with Gasteiger partial charge in [0.25, 0.3) is 0 Å². The van der Waals surface area contributed by atoms with Crippen LogP contribution >= 0.6 is 22.7 Å². The molecule has 3 aromatic heterocycles. The second-order valence-corrected chi connectivity index (χ2v) is 9.23. The number of nitrogens with zero attached hydrogens (tertiary/aromatic N) is 2. The molecule has 5 rings (SSSR count). The van der Waals surface area contributed by atoms with Gasteiger partial charge in [0.1, 0.15) is 5.82 Å². The summed E-state index contributed by atoms with van der Waals surface area (Å²) in [6.07, 6.45) is 1.30. The highest BCUT2D eigenvalue weighted by atomic mass is 32.1. The quantitative estimate of drug-likeness (QED) is 0.478. The summed E-state index contributed by atoms with van der Waals surface area (Å²) in [4.78, 5) is 37.1. The molecule has 0 spiro atoms. The molecule has 2 amide bonds. The smallest absolute Gasteiger partial charge is 0.224 e. The minimum atomic E-state index is -0.158. The minimum absolute atomic E-state index is 0.0339. The standard InChI is InChI=1S/C22H20N4O2S2/c27-20(5-6-21(28)26-9-7-18-14(13-26)8-11-30-18)23-15-3-4-16-17(12-15)25-22(24-16)19-2-1-10-29-19/h1-4,8,10-12H,5-7,9,13H2,(H,23,27)(H,24,25). The van der Waals surface area contributed by atoms with E-state index in [0.29, 0.717) is 12.2 Å². The Balaban J connectivity index is 1.18. The number of fused-ring (bicyclic) bond motifs is 2. The van der Waals surface area contributed by atoms with Crippen molar-refractivity contribution in [1.29, 1.82) is 0 Å². The van der Waals surface area contributed by atoms with Crippen LogP contribution in [0.2, 0.25) is 0 Å². The van der Waals surface area contributed by atoms with Gasteiger partial charge in [0, 0.05) is 36.5 Å². The summed E-state index contributed by atoms with van der Waals surface area (Å²) < 4.78 is 0. The fourth-order valence-electron chi connectivity index (χ4n) is 3.68. The summed E-state index contributed by atoms with van der Waals surface area (Å²) in [5.74, 6) is 0.699. The first kappa shape index (κ1) is 19.0. The maximum Gasteiger partial charge on any atom is 0.224 e. The molecule has 1 aromatic carbocycles. The molecular weight excluding hydrogens is 416 g/mol. The fourth-order valence-corrected chi connectivity index (χ4v) is 5.24. The molecular formula is C22H20N4O2S2. The molecule has 30 heavy (non-hydrogen) atoms. The molecule has 2 N–H and O–H groups in total. The van der Waals surface area contributed by atoms with E-state index in [0.717, 1.165) is 34.7 Å². The zero-order chi connectivity index (χ0) is 20.5. The van der Waals surface area contributed by atoms with Crippen LogP contribution in [-0.4, -0.2) is 33.2 Å². The first-order valence-corrected chi connectivity index (χ1v) is 11.6. The topological polar surface area (TPSA) is 78.1 Å². The molecule has 0 radical (unpaired) electrons. The Hall–Kier alpha value is -2.97. The monoisotopic (exact) mass is 436 g/mol. The molecule has 1 aliphatic heterocycles. The lowest BCUT2D eigenvalue weighted by Gasteiger charge is -2.27. The van der Waals surface area contributed by atoms with Gasteiger partial charge in [0.05, 0.1) is 15.9 Å². The summed E-state index contributed by atoms with van der Waals surface area (Å²) in [5.41, 5.74) is 3.65. The van der Waals surface area contributed by atoms with Crippen LogP contribution in [0, 0.1) is 0 Å². The third kappa shape index (κ3) is 3.88. The maximum atomic E-state index is 12.5. The zero-order valence-electron chi connectivity index (χ0n) is 16.2. The van der Waals surface area contributed by atoms with Gasteiger partial charge in [-0.15, -0.1) is 22.7 Å². The van der Waals surface area contributed by atoms with E-state index in [-0.39, 0.29) is 24.7 Å². The van der Waals surface area contributed by atoms with Crippen LogP contribution in [0.4, 0.5) is 5.69 Å². The minimum Gasteiger partial charge on any atom is -0.338 e. The molecule has 1 aliphatic rings. The molecule has 0 unspecified atom stereocenters. The van der Waals surface area contributed by atoms with E-state index in [1.165, 1.54) is 10.4 Å². The highest BCUT2D eigenvalue weighted by Crippen LogP contribution is 2.26. The number of rotatable bonds is 5. The Kier molecular flexibility index (Phi) is 5.10. The largest absolute Gasteiger partial charge is 0.338 e. The Morgan fingerprint density at radius 3 is 2.93 bits per heavy atom. The van der Waals surface area contributed by atoms with Crippen LogP contribution in [0.15, 0.2) is 47.2 Å². The van der Waals surface area contributed by atoms with E-state index < -0.39 is 0 Å². The van der Waals surface area contributed by atoms with E-state index >= 15 is 0 Å². The van der Waals surface area contributed by atoms with Crippen LogP contribution in [-0.2, 0) is 22.6 Å². The van der Waals surface area contributed by atoms with Crippen LogP contribution < -0.4 is 5.32 Å². The van der Waals surface area contributed by atoms with Crippen LogP contribution in [0.1, 0.15) is 23.3 Å². The number of aromatic amines is 1. The number of anilines is 1. The van der Waals surface area contributed by atoms with Crippen LogP contribution in [0.5, 0.6) is 0 Å². The maximum absolute atomic E-state index is 12.5. The number of amides is 2. The number of H-pyrrole nitrogens is 1. The third-order valence-corrected chi connectivity index (χ3v) is 7.15. The summed E-state index contributed by atoms with van der Waals surface area (Å²) in [6.45, 7) is 1.39. The van der Waals surface area contributed by atoms with Crippen molar-refractivity contribution < 1.29 is 9.59 Å². The van der Waals surface area contributed by atoms with Crippen molar-refractivity contribution in [2.45, 2.75) is 25.8 Å². The van der Waals surface area contributed by atoms with Gasteiger partial charge in [-0.3, -0.25) is 9.59 Å². The molecule has 0 saturated carbocycles. The fraction of sp³-hybridized carbons (Fsp3) is 0.227. The number of hydrogen-bond donors (Lipinski definition) is 2. The predicted octanol–water partition coefficient (Wildman–Crippen LogP) is 4.66. The number of nitrogens with one attached hydrogen (secondary N) is 2. The van der Waals surface area contributed by atoms with E-state index in [1.807, 2.05) is 40.6 Å². The van der Waals surface area contributed by atoms with Crippen molar-refractivity contribution in [1.82, 2.24) is 14.9 Å². The molecule has 4 heterocycles. The third-order valence-electron chi connectivity index (χ3n) is 5.25. The van der Waals surface area contributed by atoms with Crippen molar-refractivity contribution >= 4 is 51.2 Å². The molecule has 0 saturated heterocycles. The second kappa shape index (κ2) is 8.04. The molecule has 152 valence electrons. The number of hydrogen-bond acceptors (Lipinski definition) is 5. The number of benzene rings is 1. The Morgan fingerprint density at radius 1 is 1.13 bits per heavy atom. The number of carbonyl (C=O) groups is 2. The Bertz CT molecular complexity index is 1210. The van der Waals surface area contributed by atoms with Gasteiger partial charge < -0.3 is 15.2 Å². The van der Waals surface area contributed by atoms with E-state index in [2.05, 4.69) is 26.7 Å². The predicted molar refractivity (Wildman–Crippen MR) is 121 cm³/mol. The van der Waals surface area contributed by atoms with Gasteiger partial charge in [-0.2, -0.15) is 0 Å². The normalized spacial score (nSPS) is 13.4. The highest BCUT2D eigenvalue weighted by Gasteiger charge is 2.21. The van der Waals surface area contributed by atoms with E-state index in [4.69, 9.17) is 0 Å². The molecule has 0 aliphatic carbocycles. The van der Waals surface area contributed by atoms with Gasteiger partial charge >= 0.3 is 0 Å². The van der Waals surface area contributed by atoms with Gasteiger partial charge in [-0.05, 0) is 53.1 Å². The molecule has 0 bridgehead atoms. The highest BCUT2D eigenvalue weighted by molar-refractivity contribution is 7.13. The van der Waals surface area contributed by atoms with Gasteiger partial charge in [0.15, 0.2) is 0 Å². The average Bonchev–Trinajstić information content (AvgIpc) is 3.51. The zero-order valence-corrected chi connectivity index (χ0v) is 17.8. The Morgan fingerprint density at radius 2 is 2.07 bits per heavy atom. The second-order valence-electron chi connectivity index (χ2n) is 7.28. The van der Waals surface area contributed by atoms with Crippen molar-refractivity contribution in [2.75, 3.05) is 11.9 Å². The summed E-state index contributed by atoms with van der Waals surface area (Å²) in [6, 6.07) is 11.7. The number of aromatic nitrogens is 2. The van der Waals surface area contributed by atoms with E-state index in [9.17, 15) is 9.59 Å². The number of imidazole rings is 1. The van der Waals surface area contributed by atoms with Gasteiger partial charge in [0.2, 0.25) is 11.8 Å². The molecule has 0 atom stereocenters. The van der Waals surface area contributed by atoms with Crippen molar-refractivity contribution in [3.63, 3.8) is 0 Å². The van der Waals surface area contributed by atoms with Crippen molar-refractivity contribution in [3.05, 3.63) is 57.6 Å². The summed E-state index contributed by atoms with van der Waals surface area (Å²) in [5, 5.41) is 6.98. The molecule has 8 heteroatoms. The average molecular weight is 437 g/mol. The first-order valence-electron chi connectivity index (χ1n) is 9.82. The lowest BCUT2D eigenvalue weighted by atomic mass is 10.1. The van der Waals surface area contributed by atoms with E-state index in [1.54, 1.807) is 22.7 Å². The SMILES string of the molecule is O=C(CCC(=O)N1CCc2sccc2C1)Nc1ccc2nc(-c3cccs3)[nH]c2c1. The van der Waals surface area contributed by atoms with Crippen LogP contribution in [0.25, 0.3) is 21.7 Å². The first-order chi connectivity index (χ1) is 14.7. The van der Waals surface area contributed by atoms with Crippen molar-refractivity contribution in [3.8, 4) is 10.7 Å². The summed E-state index contributed by atoms with van der Waals surface area (Å²) in [7, 11) is 0. The van der Waals surface area contributed by atoms with Crippen LogP contribution in [0.3, 0.4) is 0 Å². The molecule has 4 aromatic rings. The molecule has 6 nitrogen and oxygen atoms in total. The Labute approximate surface area is 181 Å². The lowest BCUT2D eigenvalue weighted by molar-refractivity contribution is -0.133. The molecule has 0 fully saturated rings. The summed E-state index contributed by atoms with van der Waals surface area (Å²) >= 11 is 3.38. The van der Waals surface area contributed by atoms with Crippen molar-refractivity contribution in [2.24, 2.45) is 0 Å².